The number of thiophene rings is 1. The molecule has 0 unspecified atom stereocenters. The first kappa shape index (κ1) is 18.1. The second kappa shape index (κ2) is 7.74. The highest BCUT2D eigenvalue weighted by Crippen LogP contribution is 2.33. The molecule has 0 amide bonds. The van der Waals surface area contributed by atoms with Crippen LogP contribution in [0.25, 0.3) is 10.7 Å². The first-order valence-electron chi connectivity index (χ1n) is 8.46. The Bertz CT molecular complexity index is 912. The number of hydrogen-bond donors (Lipinski definition) is 2. The highest BCUT2D eigenvalue weighted by molar-refractivity contribution is 9.10. The largest absolute Gasteiger partial charge is 0.381 e. The molecule has 0 saturated carbocycles. The van der Waals surface area contributed by atoms with Crippen LogP contribution in [0.5, 0.6) is 0 Å². The normalized spacial score (nSPS) is 16.7. The van der Waals surface area contributed by atoms with E-state index in [1.807, 2.05) is 22.2 Å². The summed E-state index contributed by atoms with van der Waals surface area (Å²) in [7, 11) is 0. The SMILES string of the molecule is S=c1nc(-c2cccs2)[nH]n1CNC1(c2ccc(Br)cc2)CCOCC1. The van der Waals surface area contributed by atoms with E-state index in [1.54, 1.807) is 11.3 Å². The maximum Gasteiger partial charge on any atom is 0.217 e. The van der Waals surface area contributed by atoms with Gasteiger partial charge in [0.2, 0.25) is 4.77 Å². The molecule has 3 aromatic rings. The summed E-state index contributed by atoms with van der Waals surface area (Å²) in [6, 6.07) is 12.6. The van der Waals surface area contributed by atoms with E-state index in [4.69, 9.17) is 17.0 Å². The first-order valence-corrected chi connectivity index (χ1v) is 10.5. The lowest BCUT2D eigenvalue weighted by Gasteiger charge is -2.38. The minimum atomic E-state index is -0.123. The molecule has 5 nitrogen and oxygen atoms in total. The van der Waals surface area contributed by atoms with Crippen LogP contribution < -0.4 is 5.32 Å². The summed E-state index contributed by atoms with van der Waals surface area (Å²) >= 11 is 10.6. The quantitative estimate of drug-likeness (QED) is 0.553. The van der Waals surface area contributed by atoms with Crippen LogP contribution in [-0.2, 0) is 16.9 Å². The maximum atomic E-state index is 5.60. The third-order valence-corrected chi connectivity index (χ3v) is 6.47. The van der Waals surface area contributed by atoms with Gasteiger partial charge in [-0.05, 0) is 54.2 Å². The molecule has 0 radical (unpaired) electrons. The number of rotatable bonds is 5. The van der Waals surface area contributed by atoms with Crippen LogP contribution in [0.3, 0.4) is 0 Å². The van der Waals surface area contributed by atoms with Crippen molar-refractivity contribution in [3.8, 4) is 10.7 Å². The van der Waals surface area contributed by atoms with Crippen molar-refractivity contribution < 1.29 is 4.74 Å². The van der Waals surface area contributed by atoms with E-state index in [2.05, 4.69) is 55.6 Å². The average Bonchev–Trinajstić information content (AvgIpc) is 3.31. The zero-order valence-electron chi connectivity index (χ0n) is 14.1. The fourth-order valence-corrected chi connectivity index (χ4v) is 4.40. The highest BCUT2D eigenvalue weighted by atomic mass is 79.9. The molecule has 0 atom stereocenters. The van der Waals surface area contributed by atoms with Gasteiger partial charge in [-0.15, -0.1) is 11.3 Å². The Kier molecular flexibility index (Phi) is 5.37. The van der Waals surface area contributed by atoms with Gasteiger partial charge < -0.3 is 4.74 Å². The van der Waals surface area contributed by atoms with Gasteiger partial charge in [0.1, 0.15) is 0 Å². The summed E-state index contributed by atoms with van der Waals surface area (Å²) in [6.45, 7) is 2.07. The molecule has 136 valence electrons. The van der Waals surface area contributed by atoms with Crippen molar-refractivity contribution in [3.05, 3.63) is 56.6 Å². The van der Waals surface area contributed by atoms with Gasteiger partial charge in [0, 0.05) is 23.2 Å². The molecule has 26 heavy (non-hydrogen) atoms. The number of ether oxygens (including phenoxy) is 1. The topological polar surface area (TPSA) is 54.9 Å². The van der Waals surface area contributed by atoms with E-state index in [-0.39, 0.29) is 5.54 Å². The summed E-state index contributed by atoms with van der Waals surface area (Å²) in [5.41, 5.74) is 1.15. The molecule has 1 aliphatic heterocycles. The molecule has 4 rings (SSSR count). The fourth-order valence-electron chi connectivity index (χ4n) is 3.27. The maximum absolute atomic E-state index is 5.60. The lowest BCUT2D eigenvalue weighted by Crippen LogP contribution is -2.47. The van der Waals surface area contributed by atoms with Gasteiger partial charge in [-0.3, -0.25) is 10.4 Å². The van der Waals surface area contributed by atoms with Crippen LogP contribution in [0, 0.1) is 4.77 Å². The van der Waals surface area contributed by atoms with Crippen molar-refractivity contribution in [2.45, 2.75) is 25.0 Å². The standard InChI is InChI=1S/C18H19BrN4OS2/c19-14-5-3-13(4-6-14)18(7-9-24-10-8-18)20-12-23-17(25)21-16(22-23)15-2-1-11-26-15/h1-6,11,20H,7-10,12H2,(H,21,22,25). The molecule has 0 spiro atoms. The van der Waals surface area contributed by atoms with Crippen molar-refractivity contribution in [1.82, 2.24) is 20.1 Å². The summed E-state index contributed by atoms with van der Waals surface area (Å²) in [4.78, 5) is 5.57. The number of nitrogens with one attached hydrogen (secondary N) is 2. The van der Waals surface area contributed by atoms with Crippen LogP contribution in [0.1, 0.15) is 18.4 Å². The lowest BCUT2D eigenvalue weighted by molar-refractivity contribution is 0.0324. The van der Waals surface area contributed by atoms with Gasteiger partial charge in [-0.25, -0.2) is 4.68 Å². The van der Waals surface area contributed by atoms with Crippen LogP contribution in [0.2, 0.25) is 0 Å². The molecule has 1 fully saturated rings. The number of nitrogens with zero attached hydrogens (tertiary/aromatic N) is 2. The molecule has 8 heteroatoms. The second-order valence-corrected chi connectivity index (χ2v) is 8.52. The Morgan fingerprint density at radius 3 is 2.73 bits per heavy atom. The molecule has 0 aliphatic carbocycles. The van der Waals surface area contributed by atoms with Gasteiger partial charge in [0.25, 0.3) is 0 Å². The smallest absolute Gasteiger partial charge is 0.217 e. The molecule has 1 saturated heterocycles. The predicted molar refractivity (Wildman–Crippen MR) is 110 cm³/mol. The number of hydrogen-bond acceptors (Lipinski definition) is 5. The van der Waals surface area contributed by atoms with Crippen LogP contribution in [-0.4, -0.2) is 28.0 Å². The molecule has 1 aliphatic rings. The highest BCUT2D eigenvalue weighted by Gasteiger charge is 2.34. The molecular formula is C18H19BrN4OS2. The zero-order valence-corrected chi connectivity index (χ0v) is 17.3. The summed E-state index contributed by atoms with van der Waals surface area (Å²) < 4.78 is 9.13. The fraction of sp³-hybridized carbons (Fsp3) is 0.333. The van der Waals surface area contributed by atoms with Crippen LogP contribution in [0.15, 0.2) is 46.3 Å². The van der Waals surface area contributed by atoms with Gasteiger partial charge >= 0.3 is 0 Å². The van der Waals surface area contributed by atoms with Crippen LogP contribution in [0.4, 0.5) is 0 Å². The molecule has 2 aromatic heterocycles. The van der Waals surface area contributed by atoms with Gasteiger partial charge in [0.05, 0.1) is 11.5 Å². The Balaban J connectivity index is 1.57. The monoisotopic (exact) mass is 450 g/mol. The summed E-state index contributed by atoms with van der Waals surface area (Å²) in [6.07, 6.45) is 1.85. The number of benzene rings is 1. The molecular weight excluding hydrogens is 432 g/mol. The van der Waals surface area contributed by atoms with Gasteiger partial charge in [-0.2, -0.15) is 4.98 Å². The van der Waals surface area contributed by atoms with Gasteiger partial charge in [0.15, 0.2) is 5.82 Å². The molecule has 0 bridgehead atoms. The van der Waals surface area contributed by atoms with Crippen LogP contribution >= 0.6 is 39.5 Å². The van der Waals surface area contributed by atoms with E-state index >= 15 is 0 Å². The van der Waals surface area contributed by atoms with E-state index in [9.17, 15) is 0 Å². The Morgan fingerprint density at radius 2 is 2.04 bits per heavy atom. The third-order valence-electron chi connectivity index (χ3n) is 4.75. The molecule has 3 heterocycles. The number of aromatic amines is 1. The Hall–Kier alpha value is -1.32. The third kappa shape index (κ3) is 3.70. The van der Waals surface area contributed by atoms with Crippen molar-refractivity contribution in [1.29, 1.82) is 0 Å². The Labute approximate surface area is 169 Å². The predicted octanol–water partition coefficient (Wildman–Crippen LogP) is 4.68. The number of halogens is 1. The number of H-pyrrole nitrogens is 1. The van der Waals surface area contributed by atoms with E-state index in [0.717, 1.165) is 41.2 Å². The zero-order chi connectivity index (χ0) is 18.0. The van der Waals surface area contributed by atoms with E-state index in [0.29, 0.717) is 11.4 Å². The lowest BCUT2D eigenvalue weighted by atomic mass is 9.83. The summed E-state index contributed by atoms with van der Waals surface area (Å²) in [5.74, 6) is 0.816. The minimum Gasteiger partial charge on any atom is -0.381 e. The van der Waals surface area contributed by atoms with Crippen molar-refractivity contribution in [3.63, 3.8) is 0 Å². The Morgan fingerprint density at radius 1 is 1.27 bits per heavy atom. The van der Waals surface area contributed by atoms with E-state index in [1.165, 1.54) is 5.56 Å². The van der Waals surface area contributed by atoms with E-state index < -0.39 is 0 Å². The van der Waals surface area contributed by atoms with Crippen molar-refractivity contribution >= 4 is 39.5 Å². The second-order valence-electron chi connectivity index (χ2n) is 6.30. The van der Waals surface area contributed by atoms with Crippen molar-refractivity contribution in [2.24, 2.45) is 0 Å². The minimum absolute atomic E-state index is 0.123. The number of aromatic nitrogens is 3. The average molecular weight is 451 g/mol. The molecule has 1 aromatic carbocycles. The van der Waals surface area contributed by atoms with Crippen molar-refractivity contribution in [2.75, 3.05) is 13.2 Å². The molecule has 2 N–H and O–H groups in total. The first-order chi connectivity index (χ1) is 12.7. The summed E-state index contributed by atoms with van der Waals surface area (Å²) in [5, 5.41) is 9.07. The van der Waals surface area contributed by atoms with Gasteiger partial charge in [-0.1, -0.05) is 34.1 Å².